The summed E-state index contributed by atoms with van der Waals surface area (Å²) in [5.41, 5.74) is 12.7. The van der Waals surface area contributed by atoms with Crippen molar-refractivity contribution in [3.8, 4) is 39.5 Å². The van der Waals surface area contributed by atoms with Gasteiger partial charge in [-0.2, -0.15) is 11.3 Å². The van der Waals surface area contributed by atoms with E-state index in [-0.39, 0.29) is 25.5 Å². The van der Waals surface area contributed by atoms with Crippen LogP contribution in [0.4, 0.5) is 0 Å². The number of aromatic nitrogens is 3. The van der Waals surface area contributed by atoms with E-state index in [2.05, 4.69) is 184 Å². The molecule has 3 heterocycles. The van der Waals surface area contributed by atoms with Gasteiger partial charge in [0.25, 0.3) is 0 Å². The summed E-state index contributed by atoms with van der Waals surface area (Å²) in [6.45, 7) is 11.3. The first-order valence-corrected chi connectivity index (χ1v) is 29.1. The van der Waals surface area contributed by atoms with Crippen LogP contribution in [0.5, 0.6) is 0 Å². The molecule has 1 radical (unpaired) electrons. The Morgan fingerprint density at radius 1 is 0.820 bits per heavy atom. The molecule has 311 valence electrons. The van der Waals surface area contributed by atoms with Crippen molar-refractivity contribution in [2.75, 3.05) is 0 Å². The van der Waals surface area contributed by atoms with Crippen molar-refractivity contribution >= 4 is 60.2 Å². The van der Waals surface area contributed by atoms with E-state index in [1.54, 1.807) is 18.2 Å². The molecule has 0 aliphatic carbocycles. The predicted molar refractivity (Wildman–Crippen MR) is 262 cm³/mol. The van der Waals surface area contributed by atoms with E-state index >= 15 is 0 Å². The smallest absolute Gasteiger partial charge is 0 e. The molecule has 0 unspecified atom stereocenters. The monoisotopic (exact) mass is 1060 g/mol. The maximum absolute atomic E-state index is 7.46. The number of hydrogen-bond acceptors (Lipinski definition) is 3. The second-order valence-electron chi connectivity index (χ2n) is 18.4. The normalized spacial score (nSPS) is 12.8. The molecule has 9 aromatic rings. The standard InChI is InChI=1S/C36H29N2S.C19H26GeN.Ir/c1-23-17-19-26-27-13-10-14-28(34(27)39-33(26)21-23)35-37-30-15-8-9-16-32(30)38(35)31-20-18-25(36(2,3)4)22-29(31)24-11-6-5-7-12-24;1-14(2)11-17-12-19(16-9-7-15(3)8-10-16)21-13-18(17)20(4,5)6;/h5-13,15-22H,1-4H3;7-9,12-14H,11H2,1-6H3;/q2*-1;/i;3D3;. The van der Waals surface area contributed by atoms with E-state index < -0.39 is 20.1 Å². The van der Waals surface area contributed by atoms with E-state index in [0.29, 0.717) is 11.5 Å². The van der Waals surface area contributed by atoms with Crippen molar-refractivity contribution in [3.05, 3.63) is 168 Å². The number of hydrogen-bond donors (Lipinski definition) is 0. The minimum absolute atomic E-state index is 0. The Bertz CT molecular complexity index is 3080. The minimum Gasteiger partial charge on any atom is 0 e. The first kappa shape index (κ1) is 40.4. The largest absolute Gasteiger partial charge is 0 e. The number of fused-ring (bicyclic) bond motifs is 4. The molecule has 0 aliphatic heterocycles. The second kappa shape index (κ2) is 18.0. The number of pyridine rings is 1. The van der Waals surface area contributed by atoms with Crippen LogP contribution >= 0.6 is 11.3 Å². The average molecular weight is 1060 g/mol. The van der Waals surface area contributed by atoms with Crippen molar-refractivity contribution in [2.45, 2.75) is 77.5 Å². The van der Waals surface area contributed by atoms with E-state index in [9.17, 15) is 0 Å². The van der Waals surface area contributed by atoms with Crippen molar-refractivity contribution in [3.63, 3.8) is 0 Å². The fraction of sp³-hybridized carbons (Fsp3) is 0.236. The Kier molecular flexibility index (Phi) is 11.9. The molecule has 0 N–H and O–H groups in total. The number of thiophene rings is 1. The molecule has 9 rings (SSSR count). The summed E-state index contributed by atoms with van der Waals surface area (Å²) in [6.07, 6.45) is 3.08. The van der Waals surface area contributed by atoms with E-state index in [4.69, 9.17) is 9.10 Å². The Labute approximate surface area is 387 Å². The van der Waals surface area contributed by atoms with E-state index in [0.717, 1.165) is 45.8 Å². The average Bonchev–Trinajstić information content (AvgIpc) is 3.81. The molecule has 0 spiro atoms. The third-order valence-electron chi connectivity index (χ3n) is 11.1. The van der Waals surface area contributed by atoms with Crippen molar-refractivity contribution in [1.82, 2.24) is 14.5 Å². The molecule has 0 bridgehead atoms. The summed E-state index contributed by atoms with van der Waals surface area (Å²) in [7, 11) is 0. The van der Waals surface area contributed by atoms with Crippen LogP contribution in [0.2, 0.25) is 17.3 Å². The Hall–Kier alpha value is -4.65. The SMILES string of the molecule is Cc1ccc2c(c1)sc1c(-c3nc4ccccc4n3-c3ccc(C(C)(C)C)cc3-c3ccccc3)[c-]ccc12.[2H]C([2H])([2H])c1c[c-]c(-c2cc(CC(C)C)[c]([Ge]([CH3])([CH3])[CH3])cn2)cc1.[Ir]. The zero-order chi connectivity index (χ0) is 44.8. The third kappa shape index (κ3) is 9.42. The van der Waals surface area contributed by atoms with Gasteiger partial charge < -0.3 is 4.57 Å². The van der Waals surface area contributed by atoms with Gasteiger partial charge in [0, 0.05) is 36.1 Å². The summed E-state index contributed by atoms with van der Waals surface area (Å²) in [6, 6.07) is 50.9. The Morgan fingerprint density at radius 3 is 2.28 bits per heavy atom. The van der Waals surface area contributed by atoms with Crippen LogP contribution in [0.15, 0.2) is 134 Å². The van der Waals surface area contributed by atoms with Crippen molar-refractivity contribution in [1.29, 1.82) is 0 Å². The summed E-state index contributed by atoms with van der Waals surface area (Å²) in [5.74, 6) is 8.67. The number of nitrogens with zero attached hydrogens (tertiary/aromatic N) is 3. The first-order valence-electron chi connectivity index (χ1n) is 22.4. The van der Waals surface area contributed by atoms with Gasteiger partial charge in [-0.1, -0.05) is 92.4 Å². The number of para-hydroxylation sites is 2. The Morgan fingerprint density at radius 2 is 1.57 bits per heavy atom. The quantitative estimate of drug-likeness (QED) is 0.118. The third-order valence-corrected chi connectivity index (χ3v) is 16.6. The van der Waals surface area contributed by atoms with E-state index in [1.807, 2.05) is 23.6 Å². The van der Waals surface area contributed by atoms with Gasteiger partial charge in [-0.15, -0.1) is 18.2 Å². The van der Waals surface area contributed by atoms with Crippen molar-refractivity contribution in [2.24, 2.45) is 5.92 Å². The Balaban J connectivity index is 0.000000212. The van der Waals surface area contributed by atoms with Crippen LogP contribution in [0.25, 0.3) is 70.7 Å². The van der Waals surface area contributed by atoms with Crippen LogP contribution in [0, 0.1) is 31.8 Å². The summed E-state index contributed by atoms with van der Waals surface area (Å²) in [4.78, 5) is 9.89. The molecule has 0 aliphatic rings. The van der Waals surface area contributed by atoms with E-state index in [1.165, 1.54) is 52.4 Å². The minimum atomic E-state index is -2.09. The molecule has 0 amide bonds. The van der Waals surface area contributed by atoms with Gasteiger partial charge in [0.1, 0.15) is 0 Å². The van der Waals surface area contributed by atoms with Crippen LogP contribution in [0.1, 0.15) is 61.0 Å². The molecular weight excluding hydrogens is 1000 g/mol. The topological polar surface area (TPSA) is 30.7 Å². The van der Waals surface area contributed by atoms with Gasteiger partial charge in [-0.3, -0.25) is 4.98 Å². The summed E-state index contributed by atoms with van der Waals surface area (Å²) < 4.78 is 28.7. The fourth-order valence-electron chi connectivity index (χ4n) is 8.01. The number of rotatable bonds is 7. The van der Waals surface area contributed by atoms with Gasteiger partial charge in [-0.25, -0.2) is 0 Å². The molecule has 61 heavy (non-hydrogen) atoms. The van der Waals surface area contributed by atoms with Crippen LogP contribution in [-0.2, 0) is 31.9 Å². The van der Waals surface area contributed by atoms with Gasteiger partial charge in [0.15, 0.2) is 0 Å². The molecule has 3 aromatic heterocycles. The molecule has 6 aromatic carbocycles. The molecule has 0 atom stereocenters. The van der Waals surface area contributed by atoms with Gasteiger partial charge >= 0.3 is 136 Å². The first-order chi connectivity index (χ1) is 29.9. The fourth-order valence-corrected chi connectivity index (χ4v) is 12.6. The number of benzene rings is 6. The molecular formula is C55H55GeIrN3S-2. The molecule has 0 saturated heterocycles. The van der Waals surface area contributed by atoms with Gasteiger partial charge in [0.2, 0.25) is 0 Å². The number of imidazole rings is 1. The van der Waals surface area contributed by atoms with Gasteiger partial charge in [-0.05, 0) is 69.4 Å². The maximum atomic E-state index is 7.46. The van der Waals surface area contributed by atoms with Crippen LogP contribution in [-0.4, -0.2) is 27.8 Å². The summed E-state index contributed by atoms with van der Waals surface area (Å²) >= 11 is -0.140. The van der Waals surface area contributed by atoms with Crippen LogP contribution in [0.3, 0.4) is 0 Å². The molecule has 3 nitrogen and oxygen atoms in total. The maximum Gasteiger partial charge on any atom is 0 e. The molecule has 6 heteroatoms. The van der Waals surface area contributed by atoms with Crippen LogP contribution < -0.4 is 4.40 Å². The zero-order valence-electron chi connectivity index (χ0n) is 39.6. The zero-order valence-corrected chi connectivity index (χ0v) is 41.9. The molecule has 0 fully saturated rings. The van der Waals surface area contributed by atoms with Crippen molar-refractivity contribution < 1.29 is 24.2 Å². The second-order valence-corrected chi connectivity index (χ2v) is 30.0. The summed E-state index contributed by atoms with van der Waals surface area (Å²) in [5, 5.41) is 2.55. The number of aryl methyl sites for hydroxylation is 2. The van der Waals surface area contributed by atoms with Gasteiger partial charge in [0.05, 0.1) is 16.9 Å². The predicted octanol–water partition coefficient (Wildman–Crippen LogP) is 14.7. The molecule has 0 saturated carbocycles.